The van der Waals surface area contributed by atoms with Crippen molar-refractivity contribution < 1.29 is 53.9 Å². The van der Waals surface area contributed by atoms with Gasteiger partial charge in [-0.25, -0.2) is 26.4 Å². The molecule has 0 unspecified atom stereocenters. The van der Waals surface area contributed by atoms with Crippen molar-refractivity contribution in [2.45, 2.75) is 77.9 Å². The minimum atomic E-state index is -6.11. The summed E-state index contributed by atoms with van der Waals surface area (Å²) in [5.74, 6) is -1.19. The number of ether oxygens (including phenoxy) is 2. The number of hydrogen-bond acceptors (Lipinski definition) is 13. The maximum absolute atomic E-state index is 14.3. The van der Waals surface area contributed by atoms with Gasteiger partial charge in [-0.05, 0) is 129 Å². The highest BCUT2D eigenvalue weighted by atomic mass is 35.5. The number of carbonyl (C=O) groups excluding carboxylic acids is 3. The number of sulfonamides is 1. The molecule has 0 aromatic heterocycles. The van der Waals surface area contributed by atoms with Crippen LogP contribution in [0.2, 0.25) is 5.02 Å². The van der Waals surface area contributed by atoms with Crippen molar-refractivity contribution in [1.82, 2.24) is 19.8 Å². The SMILES string of the molecule is CN(CC(=O)N[C@@H](c1ccccc1-c1ccc(Cl)cc1)C1CCN(c2ccc(C(=O)NS(=O)(=O)c3ccc(N[C@H](CCN4CCOCC4)CSc4ccccc4)c(S(=O)(=O)C(F)(F)F)c3)cc2)CC1)C(=O)OC(C)(C)C. The monoisotopic (exact) mass is 1130 g/mol. The van der Waals surface area contributed by atoms with Crippen LogP contribution in [0.4, 0.5) is 29.3 Å². The number of rotatable bonds is 19. The summed E-state index contributed by atoms with van der Waals surface area (Å²) in [5.41, 5.74) is -3.65. The van der Waals surface area contributed by atoms with Gasteiger partial charge in [-0.15, -0.1) is 11.8 Å². The smallest absolute Gasteiger partial charge is 0.444 e. The predicted molar refractivity (Wildman–Crippen MR) is 289 cm³/mol. The van der Waals surface area contributed by atoms with Crippen LogP contribution >= 0.6 is 23.4 Å². The summed E-state index contributed by atoms with van der Waals surface area (Å²) in [5, 5.41) is 6.77. The maximum Gasteiger partial charge on any atom is 0.501 e. The third kappa shape index (κ3) is 15.4. The zero-order valence-corrected chi connectivity index (χ0v) is 45.7. The summed E-state index contributed by atoms with van der Waals surface area (Å²) in [4.78, 5) is 44.2. The Bertz CT molecular complexity index is 3030. The van der Waals surface area contributed by atoms with Crippen molar-refractivity contribution in [2.24, 2.45) is 5.92 Å². The summed E-state index contributed by atoms with van der Waals surface area (Å²) in [6, 6.07) is 31.9. The molecule has 2 aliphatic heterocycles. The molecule has 0 aliphatic carbocycles. The Morgan fingerprint density at radius 3 is 2.13 bits per heavy atom. The number of carbonyl (C=O) groups is 3. The average Bonchev–Trinajstić information content (AvgIpc) is 3.41. The van der Waals surface area contributed by atoms with E-state index in [0.29, 0.717) is 82.0 Å². The molecular weight excluding hydrogens is 1070 g/mol. The first-order valence-corrected chi connectivity index (χ1v) is 29.0. The number of amides is 3. The number of likely N-dealkylation sites (N-methyl/N-ethyl adjacent to an activating group) is 1. The van der Waals surface area contributed by atoms with Crippen LogP contribution in [0.25, 0.3) is 11.1 Å². The first-order valence-electron chi connectivity index (χ1n) is 24.7. The van der Waals surface area contributed by atoms with Crippen molar-refractivity contribution in [1.29, 1.82) is 0 Å². The number of benzene rings is 5. The number of anilines is 2. The van der Waals surface area contributed by atoms with Crippen LogP contribution in [-0.2, 0) is 34.1 Å². The van der Waals surface area contributed by atoms with Crippen LogP contribution in [0.5, 0.6) is 0 Å². The second kappa shape index (κ2) is 25.1. The summed E-state index contributed by atoms with van der Waals surface area (Å²) in [7, 11) is -9.53. The highest BCUT2D eigenvalue weighted by Gasteiger charge is 2.48. The van der Waals surface area contributed by atoms with E-state index in [1.54, 1.807) is 45.0 Å². The zero-order valence-electron chi connectivity index (χ0n) is 42.5. The number of piperidine rings is 1. The predicted octanol–water partition coefficient (Wildman–Crippen LogP) is 9.66. The third-order valence-electron chi connectivity index (χ3n) is 12.9. The molecular formula is C54H62ClF3N6O9S3. The topological polar surface area (TPSA) is 184 Å². The summed E-state index contributed by atoms with van der Waals surface area (Å²) >= 11 is 7.66. The Balaban J connectivity index is 1.05. The van der Waals surface area contributed by atoms with Crippen LogP contribution in [0.1, 0.15) is 62.0 Å². The molecule has 22 heteroatoms. The fourth-order valence-electron chi connectivity index (χ4n) is 8.93. The van der Waals surface area contributed by atoms with Gasteiger partial charge in [0.05, 0.1) is 29.8 Å². The van der Waals surface area contributed by atoms with E-state index >= 15 is 0 Å². The molecule has 2 atom stereocenters. The lowest BCUT2D eigenvalue weighted by atomic mass is 9.82. The number of sulfone groups is 1. The van der Waals surface area contributed by atoms with Gasteiger partial charge in [0.15, 0.2) is 0 Å². The van der Waals surface area contributed by atoms with Crippen LogP contribution in [0.15, 0.2) is 136 Å². The molecule has 408 valence electrons. The first kappa shape index (κ1) is 57.9. The number of hydrogen-bond donors (Lipinski definition) is 3. The van der Waals surface area contributed by atoms with Crippen LogP contribution in [0.3, 0.4) is 0 Å². The van der Waals surface area contributed by atoms with Gasteiger partial charge in [-0.3, -0.25) is 14.5 Å². The van der Waals surface area contributed by atoms with Gasteiger partial charge in [0, 0.05) is 72.7 Å². The van der Waals surface area contributed by atoms with E-state index in [1.165, 1.54) is 35.8 Å². The van der Waals surface area contributed by atoms with Crippen molar-refractivity contribution in [3.63, 3.8) is 0 Å². The molecule has 0 bridgehead atoms. The van der Waals surface area contributed by atoms with Crippen molar-refractivity contribution in [3.05, 3.63) is 137 Å². The van der Waals surface area contributed by atoms with E-state index in [9.17, 15) is 44.4 Å². The van der Waals surface area contributed by atoms with Gasteiger partial charge < -0.3 is 29.9 Å². The third-order valence-corrected chi connectivity index (χ3v) is 17.2. The van der Waals surface area contributed by atoms with Gasteiger partial charge in [0.25, 0.3) is 25.8 Å². The largest absolute Gasteiger partial charge is 0.501 e. The molecule has 2 aliphatic rings. The second-order valence-electron chi connectivity index (χ2n) is 19.6. The highest BCUT2D eigenvalue weighted by Crippen LogP contribution is 2.39. The summed E-state index contributed by atoms with van der Waals surface area (Å²) in [6.07, 6.45) is 1.01. The first-order chi connectivity index (χ1) is 36.0. The molecule has 2 saturated heterocycles. The van der Waals surface area contributed by atoms with E-state index in [4.69, 9.17) is 21.1 Å². The van der Waals surface area contributed by atoms with Gasteiger partial charge in [0.2, 0.25) is 5.91 Å². The minimum Gasteiger partial charge on any atom is -0.444 e. The Morgan fingerprint density at radius 2 is 1.49 bits per heavy atom. The Morgan fingerprint density at radius 1 is 0.842 bits per heavy atom. The highest BCUT2D eigenvalue weighted by molar-refractivity contribution is 7.99. The van der Waals surface area contributed by atoms with E-state index in [0.717, 1.165) is 39.4 Å². The number of nitrogens with one attached hydrogen (secondary N) is 3. The average molecular weight is 1130 g/mol. The lowest BCUT2D eigenvalue weighted by Gasteiger charge is -2.38. The molecule has 0 saturated carbocycles. The van der Waals surface area contributed by atoms with E-state index < -0.39 is 70.5 Å². The zero-order chi connectivity index (χ0) is 54.8. The molecule has 5 aromatic carbocycles. The van der Waals surface area contributed by atoms with E-state index in [2.05, 4.69) is 20.4 Å². The van der Waals surface area contributed by atoms with Gasteiger partial charge in [0.1, 0.15) is 17.0 Å². The second-order valence-corrected chi connectivity index (χ2v) is 24.7. The molecule has 3 amide bonds. The van der Waals surface area contributed by atoms with Crippen molar-refractivity contribution in [3.8, 4) is 11.1 Å². The van der Waals surface area contributed by atoms with Crippen molar-refractivity contribution >= 4 is 72.5 Å². The fourth-order valence-corrected chi connectivity index (χ4v) is 12.1. The van der Waals surface area contributed by atoms with Crippen LogP contribution in [-0.4, -0.2) is 127 Å². The molecule has 0 radical (unpaired) electrons. The maximum atomic E-state index is 14.3. The minimum absolute atomic E-state index is 0.0624. The molecule has 76 heavy (non-hydrogen) atoms. The molecule has 2 heterocycles. The Labute approximate surface area is 451 Å². The standard InChI is InChI=1S/C54H62ClF3N6O9S3/c1-53(2,3)73-52(67)62(4)35-49(65)60-50(46-13-9-8-12-45(46)37-14-18-40(55)19-15-37)38-24-28-64(29-25-38)42-20-16-39(17-21-42)51(66)61-76(70,71)44-22-23-47(48(34-44)75(68,69)54(56,57)58)59-41(26-27-63-30-32-72-33-31-63)36-74-43-10-6-5-7-11-43/h5-23,34,38,41,50,59H,24-33,35-36H2,1-4H3,(H,60,65)(H,61,66)/t41-,50-/m1/s1. The molecule has 7 rings (SSSR count). The van der Waals surface area contributed by atoms with Crippen molar-refractivity contribution in [2.75, 3.05) is 75.5 Å². The number of alkyl halides is 3. The lowest BCUT2D eigenvalue weighted by molar-refractivity contribution is -0.123. The molecule has 15 nitrogen and oxygen atoms in total. The Kier molecular flexibility index (Phi) is 19.1. The van der Waals surface area contributed by atoms with E-state index in [1.807, 2.05) is 71.5 Å². The summed E-state index contributed by atoms with van der Waals surface area (Å²) < 4.78 is 109. The molecule has 2 fully saturated rings. The number of nitrogens with zero attached hydrogens (tertiary/aromatic N) is 3. The number of morpholine rings is 1. The molecule has 5 aromatic rings. The van der Waals surface area contributed by atoms with Crippen LogP contribution in [0, 0.1) is 5.92 Å². The van der Waals surface area contributed by atoms with Gasteiger partial charge in [-0.2, -0.15) is 13.2 Å². The quantitative estimate of drug-likeness (QED) is 0.0665. The van der Waals surface area contributed by atoms with Gasteiger partial charge >= 0.3 is 11.6 Å². The molecule has 3 N–H and O–H groups in total. The fraction of sp³-hybridized carbons (Fsp3) is 0.389. The van der Waals surface area contributed by atoms with Crippen LogP contribution < -0.4 is 20.3 Å². The number of halogens is 4. The normalized spacial score (nSPS) is 15.8. The van der Waals surface area contributed by atoms with Gasteiger partial charge in [-0.1, -0.05) is 66.2 Å². The number of thioether (sulfide) groups is 1. The lowest BCUT2D eigenvalue weighted by Crippen LogP contribution is -2.45. The Hall–Kier alpha value is -5.84. The molecule has 0 spiro atoms. The summed E-state index contributed by atoms with van der Waals surface area (Å²) in [6.45, 7) is 8.95. The van der Waals surface area contributed by atoms with E-state index in [-0.39, 0.29) is 23.9 Å².